The van der Waals surface area contributed by atoms with E-state index >= 15 is 0 Å². The van der Waals surface area contributed by atoms with Crippen LogP contribution in [0.25, 0.3) is 10.9 Å². The third kappa shape index (κ3) is 2.64. The van der Waals surface area contributed by atoms with E-state index in [1.807, 2.05) is 46.0 Å². The Labute approximate surface area is 135 Å². The van der Waals surface area contributed by atoms with Gasteiger partial charge in [0.15, 0.2) is 0 Å². The monoisotopic (exact) mass is 314 g/mol. The van der Waals surface area contributed by atoms with Crippen molar-refractivity contribution >= 4 is 16.8 Å². The molecule has 5 nitrogen and oxygen atoms in total. The van der Waals surface area contributed by atoms with Gasteiger partial charge < -0.3 is 19.7 Å². The van der Waals surface area contributed by atoms with Gasteiger partial charge >= 0.3 is 0 Å². The minimum atomic E-state index is -0.639. The number of benzene rings is 1. The van der Waals surface area contributed by atoms with Gasteiger partial charge in [-0.1, -0.05) is 18.2 Å². The maximum Gasteiger partial charge on any atom is 0.242 e. The molecule has 1 saturated heterocycles. The van der Waals surface area contributed by atoms with E-state index in [-0.39, 0.29) is 5.91 Å². The van der Waals surface area contributed by atoms with Crippen molar-refractivity contribution in [3.63, 3.8) is 0 Å². The first-order chi connectivity index (χ1) is 11.1. The third-order valence-corrected chi connectivity index (χ3v) is 5.45. The number of amides is 1. The summed E-state index contributed by atoms with van der Waals surface area (Å²) in [5.74, 6) is 0.752. The van der Waals surface area contributed by atoms with Crippen LogP contribution in [0.4, 0.5) is 0 Å². The van der Waals surface area contributed by atoms with Crippen molar-refractivity contribution in [1.29, 1.82) is 0 Å². The summed E-state index contributed by atoms with van der Waals surface area (Å²) in [4.78, 5) is 14.5. The van der Waals surface area contributed by atoms with E-state index in [1.54, 1.807) is 0 Å². The van der Waals surface area contributed by atoms with Gasteiger partial charge in [0.25, 0.3) is 0 Å². The molecule has 122 valence electrons. The zero-order valence-electron chi connectivity index (χ0n) is 13.0. The van der Waals surface area contributed by atoms with E-state index in [0.29, 0.717) is 44.3 Å². The van der Waals surface area contributed by atoms with E-state index in [0.717, 1.165) is 10.9 Å². The van der Waals surface area contributed by atoms with Gasteiger partial charge in [0.1, 0.15) is 6.54 Å². The summed E-state index contributed by atoms with van der Waals surface area (Å²) in [6, 6.07) is 10.1. The molecule has 0 radical (unpaired) electrons. The van der Waals surface area contributed by atoms with Crippen LogP contribution in [0.2, 0.25) is 0 Å². The SMILES string of the molecule is O=C(Cn1ccc2ccccc21)N1C[C@H]2C[C@H](O)[C@@H](O)C[C@H]2C1. The van der Waals surface area contributed by atoms with E-state index in [1.165, 1.54) is 0 Å². The summed E-state index contributed by atoms with van der Waals surface area (Å²) in [6.45, 7) is 1.75. The number of aliphatic hydroxyl groups excluding tert-OH is 2. The number of aliphatic hydroxyl groups is 2. The summed E-state index contributed by atoms with van der Waals surface area (Å²) in [5.41, 5.74) is 1.07. The fraction of sp³-hybridized carbons (Fsp3) is 0.500. The summed E-state index contributed by atoms with van der Waals surface area (Å²) in [5, 5.41) is 20.8. The number of para-hydroxylation sites is 1. The molecule has 1 saturated carbocycles. The number of fused-ring (bicyclic) bond motifs is 2. The van der Waals surface area contributed by atoms with E-state index < -0.39 is 12.2 Å². The Morgan fingerprint density at radius 1 is 1.04 bits per heavy atom. The maximum absolute atomic E-state index is 12.6. The molecule has 2 aliphatic rings. The highest BCUT2D eigenvalue weighted by Gasteiger charge is 2.42. The van der Waals surface area contributed by atoms with E-state index in [2.05, 4.69) is 0 Å². The predicted octanol–water partition coefficient (Wildman–Crippen LogP) is 1.23. The fourth-order valence-corrected chi connectivity index (χ4v) is 4.14. The van der Waals surface area contributed by atoms with Crippen molar-refractivity contribution in [2.45, 2.75) is 31.6 Å². The molecule has 2 fully saturated rings. The number of carbonyl (C=O) groups excluding carboxylic acids is 1. The first-order valence-corrected chi connectivity index (χ1v) is 8.29. The van der Waals surface area contributed by atoms with Gasteiger partial charge in [-0.2, -0.15) is 0 Å². The van der Waals surface area contributed by atoms with Crippen molar-refractivity contribution < 1.29 is 15.0 Å². The van der Waals surface area contributed by atoms with Crippen molar-refractivity contribution in [3.8, 4) is 0 Å². The smallest absolute Gasteiger partial charge is 0.242 e. The molecule has 1 aromatic carbocycles. The Morgan fingerprint density at radius 3 is 2.39 bits per heavy atom. The molecule has 1 amide bonds. The Hall–Kier alpha value is -1.85. The van der Waals surface area contributed by atoms with E-state index in [4.69, 9.17) is 0 Å². The standard InChI is InChI=1S/C18H22N2O3/c21-16-7-13-9-20(10-14(13)8-17(16)22)18(23)11-19-6-5-12-3-1-2-4-15(12)19/h1-6,13-14,16-17,21-22H,7-11H2/t13-,14+,16-,17-/m0/s1. The molecule has 4 atom stereocenters. The first-order valence-electron chi connectivity index (χ1n) is 8.29. The van der Waals surface area contributed by atoms with Gasteiger partial charge in [-0.3, -0.25) is 4.79 Å². The first kappa shape index (κ1) is 14.7. The van der Waals surface area contributed by atoms with Crippen molar-refractivity contribution in [3.05, 3.63) is 36.5 Å². The Kier molecular flexibility index (Phi) is 3.62. The van der Waals surface area contributed by atoms with Gasteiger partial charge in [-0.05, 0) is 42.2 Å². The molecular formula is C18H22N2O3. The van der Waals surface area contributed by atoms with E-state index in [9.17, 15) is 15.0 Å². The average molecular weight is 314 g/mol. The summed E-state index contributed by atoms with van der Waals surface area (Å²) < 4.78 is 1.99. The Balaban J connectivity index is 1.46. The zero-order valence-corrected chi connectivity index (χ0v) is 13.0. The molecule has 2 heterocycles. The average Bonchev–Trinajstić information content (AvgIpc) is 3.12. The molecule has 1 aromatic heterocycles. The largest absolute Gasteiger partial charge is 0.390 e. The van der Waals surface area contributed by atoms with Gasteiger partial charge in [-0.15, -0.1) is 0 Å². The molecule has 0 spiro atoms. The van der Waals surface area contributed by atoms with Crippen LogP contribution in [0.5, 0.6) is 0 Å². The molecule has 2 N–H and O–H groups in total. The van der Waals surface area contributed by atoms with Crippen LogP contribution in [0.1, 0.15) is 12.8 Å². The lowest BCUT2D eigenvalue weighted by atomic mass is 9.79. The minimum absolute atomic E-state index is 0.115. The fourth-order valence-electron chi connectivity index (χ4n) is 4.14. The quantitative estimate of drug-likeness (QED) is 0.876. The van der Waals surface area contributed by atoms with Crippen LogP contribution in [0.15, 0.2) is 36.5 Å². The van der Waals surface area contributed by atoms with Crippen LogP contribution in [-0.4, -0.2) is 50.9 Å². The highest BCUT2D eigenvalue weighted by molar-refractivity contribution is 5.83. The molecule has 2 aromatic rings. The lowest BCUT2D eigenvalue weighted by Gasteiger charge is -2.31. The lowest BCUT2D eigenvalue weighted by Crippen LogP contribution is -2.38. The number of aromatic nitrogens is 1. The molecule has 1 aliphatic heterocycles. The van der Waals surface area contributed by atoms with Gasteiger partial charge in [0.2, 0.25) is 5.91 Å². The van der Waals surface area contributed by atoms with Crippen LogP contribution >= 0.6 is 0 Å². The number of nitrogens with zero attached hydrogens (tertiary/aromatic N) is 2. The second-order valence-corrected chi connectivity index (χ2v) is 6.93. The highest BCUT2D eigenvalue weighted by Crippen LogP contribution is 2.36. The summed E-state index contributed by atoms with van der Waals surface area (Å²) in [7, 11) is 0. The normalized spacial score (nSPS) is 30.6. The number of hydrogen-bond acceptors (Lipinski definition) is 3. The second kappa shape index (κ2) is 5.65. The molecule has 0 unspecified atom stereocenters. The molecule has 4 rings (SSSR count). The topological polar surface area (TPSA) is 65.7 Å². The highest BCUT2D eigenvalue weighted by atomic mass is 16.3. The molecule has 0 bridgehead atoms. The molecule has 1 aliphatic carbocycles. The van der Waals surface area contributed by atoms with Gasteiger partial charge in [-0.25, -0.2) is 0 Å². The summed E-state index contributed by atoms with van der Waals surface area (Å²) >= 11 is 0. The van der Waals surface area contributed by atoms with Crippen LogP contribution in [0.3, 0.4) is 0 Å². The Bertz CT molecular complexity index is 708. The number of carbonyl (C=O) groups is 1. The number of hydrogen-bond donors (Lipinski definition) is 2. The van der Waals surface area contributed by atoms with Crippen molar-refractivity contribution in [1.82, 2.24) is 9.47 Å². The molecule has 23 heavy (non-hydrogen) atoms. The minimum Gasteiger partial charge on any atom is -0.390 e. The molecular weight excluding hydrogens is 292 g/mol. The third-order valence-electron chi connectivity index (χ3n) is 5.45. The lowest BCUT2D eigenvalue weighted by molar-refractivity contribution is -0.130. The second-order valence-electron chi connectivity index (χ2n) is 6.93. The number of rotatable bonds is 2. The predicted molar refractivity (Wildman–Crippen MR) is 86.7 cm³/mol. The molecule has 5 heteroatoms. The van der Waals surface area contributed by atoms with Gasteiger partial charge in [0, 0.05) is 24.8 Å². The van der Waals surface area contributed by atoms with Crippen LogP contribution in [0, 0.1) is 11.8 Å². The van der Waals surface area contributed by atoms with Crippen LogP contribution < -0.4 is 0 Å². The van der Waals surface area contributed by atoms with Crippen LogP contribution in [-0.2, 0) is 11.3 Å². The van der Waals surface area contributed by atoms with Crippen molar-refractivity contribution in [2.75, 3.05) is 13.1 Å². The maximum atomic E-state index is 12.6. The zero-order chi connectivity index (χ0) is 16.0. The number of likely N-dealkylation sites (tertiary alicyclic amines) is 1. The van der Waals surface area contributed by atoms with Crippen molar-refractivity contribution in [2.24, 2.45) is 11.8 Å². The Morgan fingerprint density at radius 2 is 1.70 bits per heavy atom. The van der Waals surface area contributed by atoms with Gasteiger partial charge in [0.05, 0.1) is 12.2 Å². The summed E-state index contributed by atoms with van der Waals surface area (Å²) in [6.07, 6.45) is 1.88.